The molecule has 0 bridgehead atoms. The summed E-state index contributed by atoms with van der Waals surface area (Å²) in [6, 6.07) is 3.92. The number of carboxylic acid groups (broad SMARTS) is 1. The van der Waals surface area contributed by atoms with Gasteiger partial charge in [-0.25, -0.2) is 8.42 Å². The highest BCUT2D eigenvalue weighted by Crippen LogP contribution is 2.27. The number of aryl methyl sites for hydroxylation is 1. The van der Waals surface area contributed by atoms with Gasteiger partial charge in [-0.3, -0.25) is 4.79 Å². The summed E-state index contributed by atoms with van der Waals surface area (Å²) in [5.74, 6) is -1.06. The summed E-state index contributed by atoms with van der Waals surface area (Å²) in [4.78, 5) is 11.0. The molecule has 1 aliphatic rings. The Morgan fingerprint density at radius 2 is 2.24 bits per heavy atom. The summed E-state index contributed by atoms with van der Waals surface area (Å²) < 4.78 is 31.9. The van der Waals surface area contributed by atoms with Crippen molar-refractivity contribution in [3.8, 4) is 0 Å². The Morgan fingerprint density at radius 3 is 2.90 bits per heavy atom. The van der Waals surface area contributed by atoms with Crippen LogP contribution >= 0.6 is 11.6 Å². The maximum absolute atomic E-state index is 12.8. The van der Waals surface area contributed by atoms with Gasteiger partial charge in [-0.15, -0.1) is 0 Å². The third-order valence-electron chi connectivity index (χ3n) is 3.32. The summed E-state index contributed by atoms with van der Waals surface area (Å²) in [5, 5.41) is 9.24. The van der Waals surface area contributed by atoms with Crippen LogP contribution < -0.4 is 0 Å². The van der Waals surface area contributed by atoms with Crippen LogP contribution in [-0.2, 0) is 19.6 Å². The Bertz CT molecular complexity index is 646. The number of nitrogens with zero attached hydrogens (tertiary/aromatic N) is 1. The van der Waals surface area contributed by atoms with Gasteiger partial charge in [-0.1, -0.05) is 17.7 Å². The average molecular weight is 334 g/mol. The molecule has 1 aliphatic heterocycles. The highest BCUT2D eigenvalue weighted by Gasteiger charge is 2.36. The highest BCUT2D eigenvalue weighted by atomic mass is 35.5. The third kappa shape index (κ3) is 3.55. The van der Waals surface area contributed by atoms with E-state index < -0.39 is 22.0 Å². The lowest BCUT2D eigenvalue weighted by Gasteiger charge is -2.34. The molecule has 0 radical (unpaired) electrons. The molecular formula is C13H16ClNO5S. The molecule has 1 aromatic rings. The Labute approximate surface area is 128 Å². The largest absolute Gasteiger partial charge is 0.481 e. The van der Waals surface area contributed by atoms with Crippen LogP contribution in [0.3, 0.4) is 0 Å². The van der Waals surface area contributed by atoms with Gasteiger partial charge in [0.15, 0.2) is 0 Å². The monoisotopic (exact) mass is 333 g/mol. The minimum Gasteiger partial charge on any atom is -0.481 e. The van der Waals surface area contributed by atoms with Crippen molar-refractivity contribution >= 4 is 27.6 Å². The molecule has 2 rings (SSSR count). The Kier molecular flexibility index (Phi) is 4.88. The molecule has 1 fully saturated rings. The Morgan fingerprint density at radius 1 is 1.52 bits per heavy atom. The van der Waals surface area contributed by atoms with Gasteiger partial charge in [0.25, 0.3) is 0 Å². The minimum absolute atomic E-state index is 0.0745. The normalized spacial score (nSPS) is 20.4. The molecule has 0 spiro atoms. The van der Waals surface area contributed by atoms with Gasteiger partial charge >= 0.3 is 5.97 Å². The SMILES string of the molecule is Cc1ccc(Cl)cc1S(=O)(=O)N1CCOCC1CC(=O)O. The Balaban J connectivity index is 2.40. The van der Waals surface area contributed by atoms with E-state index in [0.29, 0.717) is 10.6 Å². The molecule has 0 amide bonds. The molecule has 116 valence electrons. The number of sulfonamides is 1. The molecule has 0 aliphatic carbocycles. The number of carbonyl (C=O) groups is 1. The number of hydrogen-bond donors (Lipinski definition) is 1. The van der Waals surface area contributed by atoms with Crippen molar-refractivity contribution in [3.05, 3.63) is 28.8 Å². The number of halogens is 1. The summed E-state index contributed by atoms with van der Waals surface area (Å²) in [6.07, 6.45) is -0.293. The number of morpholine rings is 1. The Hall–Kier alpha value is -1.15. The van der Waals surface area contributed by atoms with Crippen molar-refractivity contribution < 1.29 is 23.1 Å². The van der Waals surface area contributed by atoms with E-state index in [1.165, 1.54) is 10.4 Å². The van der Waals surface area contributed by atoms with Gasteiger partial charge in [-0.2, -0.15) is 4.31 Å². The molecule has 1 unspecified atom stereocenters. The lowest BCUT2D eigenvalue weighted by molar-refractivity contribution is -0.139. The van der Waals surface area contributed by atoms with E-state index in [4.69, 9.17) is 21.4 Å². The quantitative estimate of drug-likeness (QED) is 0.903. The van der Waals surface area contributed by atoms with E-state index in [0.717, 1.165) is 0 Å². The fourth-order valence-corrected chi connectivity index (χ4v) is 4.38. The zero-order valence-electron chi connectivity index (χ0n) is 11.5. The standard InChI is InChI=1S/C13H16ClNO5S/c1-9-2-3-10(14)6-12(9)21(18,19)15-4-5-20-8-11(15)7-13(16)17/h2-3,6,11H,4-5,7-8H2,1H3,(H,16,17). The number of carboxylic acids is 1. The second kappa shape index (κ2) is 6.31. The van der Waals surface area contributed by atoms with Crippen molar-refractivity contribution in [2.24, 2.45) is 0 Å². The fraction of sp³-hybridized carbons (Fsp3) is 0.462. The van der Waals surface area contributed by atoms with Crippen LogP contribution in [0, 0.1) is 6.92 Å². The summed E-state index contributed by atoms with van der Waals surface area (Å²) in [5.41, 5.74) is 0.569. The van der Waals surface area contributed by atoms with Crippen LogP contribution in [0.5, 0.6) is 0 Å². The van der Waals surface area contributed by atoms with Crippen molar-refractivity contribution in [2.45, 2.75) is 24.3 Å². The van der Waals surface area contributed by atoms with E-state index in [2.05, 4.69) is 0 Å². The van der Waals surface area contributed by atoms with Crippen LogP contribution in [0.15, 0.2) is 23.1 Å². The molecule has 6 nitrogen and oxygen atoms in total. The van der Waals surface area contributed by atoms with Crippen molar-refractivity contribution in [1.29, 1.82) is 0 Å². The average Bonchev–Trinajstić information content (AvgIpc) is 2.41. The van der Waals surface area contributed by atoms with E-state index >= 15 is 0 Å². The topological polar surface area (TPSA) is 83.9 Å². The van der Waals surface area contributed by atoms with Crippen molar-refractivity contribution in [3.63, 3.8) is 0 Å². The molecule has 1 heterocycles. The number of benzene rings is 1. The van der Waals surface area contributed by atoms with Crippen molar-refractivity contribution in [2.75, 3.05) is 19.8 Å². The zero-order valence-corrected chi connectivity index (χ0v) is 13.0. The van der Waals surface area contributed by atoms with Crippen molar-refractivity contribution in [1.82, 2.24) is 4.31 Å². The highest BCUT2D eigenvalue weighted by molar-refractivity contribution is 7.89. The molecule has 0 aromatic heterocycles. The van der Waals surface area contributed by atoms with Gasteiger partial charge < -0.3 is 9.84 Å². The van der Waals surface area contributed by atoms with E-state index in [-0.39, 0.29) is 31.1 Å². The van der Waals surface area contributed by atoms with Crippen LogP contribution in [0.1, 0.15) is 12.0 Å². The van der Waals surface area contributed by atoms with E-state index in [9.17, 15) is 13.2 Å². The van der Waals surface area contributed by atoms with Crippen LogP contribution in [-0.4, -0.2) is 49.6 Å². The summed E-state index contributed by atoms with van der Waals surface area (Å²) in [7, 11) is -3.80. The number of ether oxygens (including phenoxy) is 1. The van der Waals surface area contributed by atoms with Crippen LogP contribution in [0.25, 0.3) is 0 Å². The van der Waals surface area contributed by atoms with Crippen LogP contribution in [0.2, 0.25) is 5.02 Å². The second-order valence-electron chi connectivity index (χ2n) is 4.85. The summed E-state index contributed by atoms with van der Waals surface area (Å²) >= 11 is 5.88. The molecule has 1 saturated heterocycles. The lowest BCUT2D eigenvalue weighted by atomic mass is 10.2. The molecule has 1 aromatic carbocycles. The molecular weight excluding hydrogens is 318 g/mol. The molecule has 1 N–H and O–H groups in total. The predicted molar refractivity (Wildman–Crippen MR) is 76.9 cm³/mol. The summed E-state index contributed by atoms with van der Waals surface area (Å²) in [6.45, 7) is 2.13. The zero-order chi connectivity index (χ0) is 15.6. The number of aliphatic carboxylic acids is 1. The van der Waals surface area contributed by atoms with Gasteiger partial charge in [0.1, 0.15) is 0 Å². The molecule has 21 heavy (non-hydrogen) atoms. The molecule has 0 saturated carbocycles. The third-order valence-corrected chi connectivity index (χ3v) is 5.65. The predicted octanol–water partition coefficient (Wildman–Crippen LogP) is 1.51. The van der Waals surface area contributed by atoms with Gasteiger partial charge in [0.2, 0.25) is 10.0 Å². The van der Waals surface area contributed by atoms with Crippen LogP contribution in [0.4, 0.5) is 0 Å². The lowest BCUT2D eigenvalue weighted by Crippen LogP contribution is -2.49. The first-order valence-electron chi connectivity index (χ1n) is 6.40. The molecule has 8 heteroatoms. The first-order chi connectivity index (χ1) is 9.82. The maximum atomic E-state index is 12.8. The van der Waals surface area contributed by atoms with Gasteiger partial charge in [-0.05, 0) is 24.6 Å². The maximum Gasteiger partial charge on any atom is 0.305 e. The van der Waals surface area contributed by atoms with Gasteiger partial charge in [0, 0.05) is 11.6 Å². The van der Waals surface area contributed by atoms with Gasteiger partial charge in [0.05, 0.1) is 30.6 Å². The minimum atomic E-state index is -3.80. The first-order valence-corrected chi connectivity index (χ1v) is 8.21. The molecule has 1 atom stereocenters. The number of rotatable bonds is 4. The van der Waals surface area contributed by atoms with E-state index in [1.54, 1.807) is 19.1 Å². The smallest absolute Gasteiger partial charge is 0.305 e. The van der Waals surface area contributed by atoms with E-state index in [1.807, 2.05) is 0 Å². The second-order valence-corrected chi connectivity index (χ2v) is 7.15. The number of hydrogen-bond acceptors (Lipinski definition) is 4. The first kappa shape index (κ1) is 16.2. The fourth-order valence-electron chi connectivity index (χ4n) is 2.30.